The molecule has 1 N–H and O–H groups in total. The molecule has 2 aliphatic heterocycles. The Morgan fingerprint density at radius 3 is 2.43 bits per heavy atom. The molecule has 0 radical (unpaired) electrons. The molecule has 9 heteroatoms. The Bertz CT molecular complexity index is 824. The van der Waals surface area contributed by atoms with Crippen molar-refractivity contribution in [2.24, 2.45) is 0 Å². The third kappa shape index (κ3) is 3.97. The van der Waals surface area contributed by atoms with E-state index in [0.29, 0.717) is 24.6 Å². The molecule has 4 heterocycles. The number of nitrogens with zero attached hydrogens (tertiary/aromatic N) is 6. The van der Waals surface area contributed by atoms with E-state index in [0.717, 1.165) is 57.4 Å². The van der Waals surface area contributed by atoms with Crippen molar-refractivity contribution >= 4 is 12.1 Å². The van der Waals surface area contributed by atoms with E-state index in [1.165, 1.54) is 4.68 Å². The summed E-state index contributed by atoms with van der Waals surface area (Å²) < 4.78 is 1.38. The second kappa shape index (κ2) is 8.37. The molecule has 2 fully saturated rings. The van der Waals surface area contributed by atoms with E-state index >= 15 is 0 Å². The van der Waals surface area contributed by atoms with E-state index in [1.807, 2.05) is 17.0 Å². The highest BCUT2D eigenvalue weighted by Gasteiger charge is 2.25. The number of carbonyl (C=O) groups is 2. The van der Waals surface area contributed by atoms with Crippen LogP contribution in [0.15, 0.2) is 24.5 Å². The number of amides is 3. The lowest BCUT2D eigenvalue weighted by Gasteiger charge is -2.17. The van der Waals surface area contributed by atoms with E-state index in [9.17, 15) is 9.59 Å². The van der Waals surface area contributed by atoms with Crippen molar-refractivity contribution in [2.45, 2.75) is 32.1 Å². The lowest BCUT2D eigenvalue weighted by atomic mass is 10.3. The van der Waals surface area contributed by atoms with Crippen molar-refractivity contribution < 1.29 is 9.59 Å². The summed E-state index contributed by atoms with van der Waals surface area (Å²) in [5, 5.41) is 7.38. The molecule has 0 saturated carbocycles. The van der Waals surface area contributed by atoms with Crippen LogP contribution in [0.5, 0.6) is 0 Å². The molecule has 0 bridgehead atoms. The van der Waals surface area contributed by atoms with Gasteiger partial charge in [0.1, 0.15) is 5.82 Å². The van der Waals surface area contributed by atoms with Gasteiger partial charge < -0.3 is 15.1 Å². The standard InChI is InChI=1S/C19H25N7O2/c27-18(24-10-1-2-11-24)21-9-7-16-22-17(15-6-5-8-20-14-15)23-26(16)19(28)25-12-3-4-13-25/h5-6,8,14H,1-4,7,9-13H2,(H,21,27). The average molecular weight is 383 g/mol. The third-order valence-electron chi connectivity index (χ3n) is 5.17. The van der Waals surface area contributed by atoms with Crippen LogP contribution in [-0.4, -0.2) is 74.3 Å². The van der Waals surface area contributed by atoms with Gasteiger partial charge in [-0.3, -0.25) is 4.98 Å². The lowest BCUT2D eigenvalue weighted by molar-refractivity contribution is 0.206. The highest BCUT2D eigenvalue weighted by atomic mass is 16.2. The maximum Gasteiger partial charge on any atom is 0.346 e. The smallest absolute Gasteiger partial charge is 0.338 e. The van der Waals surface area contributed by atoms with E-state index < -0.39 is 0 Å². The first-order chi connectivity index (χ1) is 13.7. The molecule has 2 aliphatic rings. The molecule has 28 heavy (non-hydrogen) atoms. The molecule has 2 aromatic heterocycles. The van der Waals surface area contributed by atoms with Crippen LogP contribution in [0.1, 0.15) is 31.5 Å². The summed E-state index contributed by atoms with van der Waals surface area (Å²) in [5.41, 5.74) is 0.762. The van der Waals surface area contributed by atoms with Gasteiger partial charge in [-0.15, -0.1) is 5.10 Å². The molecular formula is C19H25N7O2. The van der Waals surface area contributed by atoms with Crippen LogP contribution in [0.3, 0.4) is 0 Å². The Balaban J connectivity index is 1.49. The minimum Gasteiger partial charge on any atom is -0.338 e. The zero-order chi connectivity index (χ0) is 19.3. The zero-order valence-electron chi connectivity index (χ0n) is 15.9. The van der Waals surface area contributed by atoms with Crippen LogP contribution in [-0.2, 0) is 6.42 Å². The van der Waals surface area contributed by atoms with Crippen LogP contribution in [0, 0.1) is 0 Å². The molecule has 4 rings (SSSR count). The summed E-state index contributed by atoms with van der Waals surface area (Å²) >= 11 is 0. The van der Waals surface area contributed by atoms with E-state index in [1.54, 1.807) is 17.3 Å². The van der Waals surface area contributed by atoms with Crippen molar-refractivity contribution in [3.05, 3.63) is 30.4 Å². The molecule has 0 spiro atoms. The largest absolute Gasteiger partial charge is 0.346 e. The second-order valence-electron chi connectivity index (χ2n) is 7.16. The van der Waals surface area contributed by atoms with Crippen LogP contribution in [0.4, 0.5) is 9.59 Å². The molecule has 148 valence electrons. The fraction of sp³-hybridized carbons (Fsp3) is 0.526. The lowest BCUT2D eigenvalue weighted by Crippen LogP contribution is -2.39. The number of carbonyl (C=O) groups excluding carboxylic acids is 2. The van der Waals surface area contributed by atoms with E-state index in [4.69, 9.17) is 0 Å². The third-order valence-corrected chi connectivity index (χ3v) is 5.17. The number of urea groups is 1. The Morgan fingerprint density at radius 1 is 1.04 bits per heavy atom. The number of nitrogens with one attached hydrogen (secondary N) is 1. The van der Waals surface area contributed by atoms with Gasteiger partial charge in [-0.2, -0.15) is 4.68 Å². The van der Waals surface area contributed by atoms with Crippen molar-refractivity contribution in [3.8, 4) is 11.4 Å². The molecule has 0 atom stereocenters. The summed E-state index contributed by atoms with van der Waals surface area (Å²) in [6, 6.07) is 3.48. The first kappa shape index (κ1) is 18.4. The monoisotopic (exact) mass is 383 g/mol. The Morgan fingerprint density at radius 2 is 1.75 bits per heavy atom. The molecule has 0 aromatic carbocycles. The fourth-order valence-electron chi connectivity index (χ4n) is 3.63. The van der Waals surface area contributed by atoms with Gasteiger partial charge in [0.05, 0.1) is 0 Å². The highest BCUT2D eigenvalue weighted by Crippen LogP contribution is 2.17. The fourth-order valence-corrected chi connectivity index (χ4v) is 3.63. The predicted molar refractivity (Wildman–Crippen MR) is 103 cm³/mol. The Labute approximate surface area is 163 Å². The van der Waals surface area contributed by atoms with E-state index in [-0.39, 0.29) is 12.1 Å². The first-order valence-corrected chi connectivity index (χ1v) is 9.91. The normalized spacial score (nSPS) is 16.6. The summed E-state index contributed by atoms with van der Waals surface area (Å²) in [6.07, 6.45) is 7.94. The van der Waals surface area contributed by atoms with Gasteiger partial charge in [0, 0.05) is 57.1 Å². The first-order valence-electron chi connectivity index (χ1n) is 9.91. The van der Waals surface area contributed by atoms with Crippen LogP contribution >= 0.6 is 0 Å². The highest BCUT2D eigenvalue weighted by molar-refractivity contribution is 5.77. The number of likely N-dealkylation sites (tertiary alicyclic amines) is 2. The number of hydrogen-bond donors (Lipinski definition) is 1. The number of pyridine rings is 1. The van der Waals surface area contributed by atoms with Gasteiger partial charge >= 0.3 is 12.1 Å². The van der Waals surface area contributed by atoms with Crippen LogP contribution in [0.25, 0.3) is 11.4 Å². The van der Waals surface area contributed by atoms with Crippen molar-refractivity contribution in [3.63, 3.8) is 0 Å². The second-order valence-corrected chi connectivity index (χ2v) is 7.16. The summed E-state index contributed by atoms with van der Waals surface area (Å²) in [4.78, 5) is 37.4. The molecular weight excluding hydrogens is 358 g/mol. The molecule has 0 aliphatic carbocycles. The molecule has 2 saturated heterocycles. The van der Waals surface area contributed by atoms with Gasteiger partial charge in [-0.1, -0.05) is 0 Å². The number of hydrogen-bond acceptors (Lipinski definition) is 5. The maximum absolute atomic E-state index is 12.9. The van der Waals surface area contributed by atoms with E-state index in [2.05, 4.69) is 20.4 Å². The van der Waals surface area contributed by atoms with Gasteiger partial charge in [0.15, 0.2) is 5.82 Å². The molecule has 9 nitrogen and oxygen atoms in total. The van der Waals surface area contributed by atoms with Gasteiger partial charge in [0.25, 0.3) is 0 Å². The maximum atomic E-state index is 12.9. The van der Waals surface area contributed by atoms with Crippen LogP contribution in [0.2, 0.25) is 0 Å². The van der Waals surface area contributed by atoms with Crippen LogP contribution < -0.4 is 5.32 Å². The predicted octanol–water partition coefficient (Wildman–Crippen LogP) is 1.75. The number of rotatable bonds is 4. The molecule has 2 aromatic rings. The number of aromatic nitrogens is 4. The Hall–Kier alpha value is -2.97. The van der Waals surface area contributed by atoms with Crippen molar-refractivity contribution in [2.75, 3.05) is 32.7 Å². The van der Waals surface area contributed by atoms with Crippen molar-refractivity contribution in [1.29, 1.82) is 0 Å². The molecule has 0 unspecified atom stereocenters. The average Bonchev–Trinajstić information content (AvgIpc) is 3.49. The quantitative estimate of drug-likeness (QED) is 0.868. The van der Waals surface area contributed by atoms with Gasteiger partial charge in [-0.25, -0.2) is 14.6 Å². The minimum atomic E-state index is -0.152. The minimum absolute atomic E-state index is 0.0538. The topological polar surface area (TPSA) is 96.2 Å². The molecule has 3 amide bonds. The zero-order valence-corrected chi connectivity index (χ0v) is 15.9. The Kier molecular flexibility index (Phi) is 5.50. The summed E-state index contributed by atoms with van der Waals surface area (Å²) in [5.74, 6) is 1.03. The van der Waals surface area contributed by atoms with Crippen molar-refractivity contribution in [1.82, 2.24) is 34.9 Å². The summed E-state index contributed by atoms with van der Waals surface area (Å²) in [6.45, 7) is 3.51. The SMILES string of the molecule is O=C(NCCc1nc(-c2cccnc2)nn1C(=O)N1CCCC1)N1CCCC1. The summed E-state index contributed by atoms with van der Waals surface area (Å²) in [7, 11) is 0. The van der Waals surface area contributed by atoms with Gasteiger partial charge in [-0.05, 0) is 37.8 Å². The van der Waals surface area contributed by atoms with Gasteiger partial charge in [0.2, 0.25) is 0 Å².